The van der Waals surface area contributed by atoms with Gasteiger partial charge in [0.2, 0.25) is 0 Å². The summed E-state index contributed by atoms with van der Waals surface area (Å²) in [5.41, 5.74) is 1.40. The van der Waals surface area contributed by atoms with Crippen LogP contribution in [0.5, 0.6) is 0 Å². The van der Waals surface area contributed by atoms with Gasteiger partial charge in [-0.15, -0.1) is 0 Å². The van der Waals surface area contributed by atoms with Gasteiger partial charge in [0.1, 0.15) is 12.2 Å². The molecule has 0 bridgehead atoms. The molecule has 7 heteroatoms. The highest BCUT2D eigenvalue weighted by atomic mass is 79.9. The number of hydrogen-bond donors (Lipinski definition) is 2. The van der Waals surface area contributed by atoms with Gasteiger partial charge in [0.15, 0.2) is 5.96 Å². The molecule has 1 saturated carbocycles. The van der Waals surface area contributed by atoms with E-state index in [1.807, 2.05) is 7.05 Å². The highest BCUT2D eigenvalue weighted by Gasteiger charge is 2.39. The lowest BCUT2D eigenvalue weighted by Crippen LogP contribution is -2.46. The molecule has 4 rings (SSSR count). The lowest BCUT2D eigenvalue weighted by atomic mass is 9.96. The summed E-state index contributed by atoms with van der Waals surface area (Å²) < 4.78 is 1.13. The Kier molecular flexibility index (Phi) is 4.74. The van der Waals surface area contributed by atoms with E-state index < -0.39 is 0 Å². The number of benzene rings is 1. The molecule has 2 fully saturated rings. The molecule has 0 amide bonds. The van der Waals surface area contributed by atoms with Crippen molar-refractivity contribution in [2.75, 3.05) is 20.1 Å². The van der Waals surface area contributed by atoms with Crippen molar-refractivity contribution < 1.29 is 0 Å². The molecule has 2 unspecified atom stereocenters. The maximum Gasteiger partial charge on any atom is 0.193 e. The molecule has 2 aromatic rings. The normalized spacial score (nSPS) is 24.4. The molecule has 1 aliphatic carbocycles. The maximum absolute atomic E-state index is 4.51. The van der Waals surface area contributed by atoms with E-state index in [9.17, 15) is 0 Å². The number of guanidine groups is 1. The highest BCUT2D eigenvalue weighted by molar-refractivity contribution is 9.10. The van der Waals surface area contributed by atoms with E-state index in [1.54, 1.807) is 6.33 Å². The third kappa shape index (κ3) is 3.71. The van der Waals surface area contributed by atoms with Gasteiger partial charge in [0, 0.05) is 42.5 Å². The maximum atomic E-state index is 4.51. The fourth-order valence-electron chi connectivity index (χ4n) is 3.67. The quantitative estimate of drug-likeness (QED) is 0.611. The van der Waals surface area contributed by atoms with Gasteiger partial charge in [-0.25, -0.2) is 4.98 Å². The summed E-state index contributed by atoms with van der Waals surface area (Å²) in [5.74, 6) is 3.12. The van der Waals surface area contributed by atoms with Gasteiger partial charge in [0.05, 0.1) is 0 Å². The molecule has 132 valence electrons. The fraction of sp³-hybridized carbons (Fsp3) is 0.500. The summed E-state index contributed by atoms with van der Waals surface area (Å²) in [6.07, 6.45) is 4.93. The number of halogens is 1. The average Bonchev–Trinajstić information content (AvgIpc) is 3.19. The number of hydrogen-bond acceptors (Lipinski definition) is 3. The van der Waals surface area contributed by atoms with Crippen molar-refractivity contribution in [3.8, 4) is 0 Å². The topological polar surface area (TPSA) is 69.2 Å². The van der Waals surface area contributed by atoms with E-state index in [0.717, 1.165) is 42.2 Å². The van der Waals surface area contributed by atoms with Crippen molar-refractivity contribution in [2.24, 2.45) is 4.99 Å². The van der Waals surface area contributed by atoms with Crippen LogP contribution in [0.2, 0.25) is 0 Å². The Hall–Kier alpha value is -1.89. The molecule has 1 aromatic carbocycles. The van der Waals surface area contributed by atoms with E-state index >= 15 is 0 Å². The molecule has 2 heterocycles. The zero-order valence-electron chi connectivity index (χ0n) is 14.3. The van der Waals surface area contributed by atoms with E-state index in [-0.39, 0.29) is 0 Å². The van der Waals surface area contributed by atoms with Gasteiger partial charge < -0.3 is 10.2 Å². The SMILES string of the molecule is CN=C(NC1CC1c1ccc(Br)cc1)N1CCC(c2ncn[nH]2)CC1. The van der Waals surface area contributed by atoms with Gasteiger partial charge in [0.25, 0.3) is 0 Å². The molecule has 0 spiro atoms. The summed E-state index contributed by atoms with van der Waals surface area (Å²) in [6.45, 7) is 2.00. The number of nitrogens with zero attached hydrogens (tertiary/aromatic N) is 4. The first-order valence-corrected chi connectivity index (χ1v) is 9.63. The first kappa shape index (κ1) is 16.6. The molecule has 2 aliphatic rings. The van der Waals surface area contributed by atoms with Gasteiger partial charge >= 0.3 is 0 Å². The third-order valence-corrected chi connectivity index (χ3v) is 5.76. The summed E-state index contributed by atoms with van der Waals surface area (Å²) in [5, 5.41) is 10.6. The predicted molar refractivity (Wildman–Crippen MR) is 102 cm³/mol. The molecule has 1 aliphatic heterocycles. The Labute approximate surface area is 156 Å². The average molecular weight is 403 g/mol. The van der Waals surface area contributed by atoms with E-state index in [0.29, 0.717) is 17.9 Å². The summed E-state index contributed by atoms with van der Waals surface area (Å²) >= 11 is 3.50. The fourth-order valence-corrected chi connectivity index (χ4v) is 3.94. The number of rotatable bonds is 3. The molecular formula is C18H23BrN6. The Morgan fingerprint density at radius 3 is 2.68 bits per heavy atom. The lowest BCUT2D eigenvalue weighted by molar-refractivity contribution is 0.298. The number of nitrogens with one attached hydrogen (secondary N) is 2. The second-order valence-corrected chi connectivity index (χ2v) is 7.74. The van der Waals surface area contributed by atoms with Crippen LogP contribution in [0, 0.1) is 0 Å². The highest BCUT2D eigenvalue weighted by Crippen LogP contribution is 2.41. The molecule has 6 nitrogen and oxygen atoms in total. The molecule has 2 N–H and O–H groups in total. The van der Waals surface area contributed by atoms with Crippen LogP contribution in [-0.4, -0.2) is 52.2 Å². The number of H-pyrrole nitrogens is 1. The molecular weight excluding hydrogens is 380 g/mol. The van der Waals surface area contributed by atoms with Crippen LogP contribution in [0.1, 0.15) is 42.5 Å². The Balaban J connectivity index is 1.31. The molecule has 2 atom stereocenters. The summed E-state index contributed by atoms with van der Waals surface area (Å²) in [7, 11) is 1.88. The molecule has 1 saturated heterocycles. The third-order valence-electron chi connectivity index (χ3n) is 5.23. The van der Waals surface area contributed by atoms with Gasteiger partial charge in [-0.05, 0) is 37.0 Å². The smallest absolute Gasteiger partial charge is 0.193 e. The zero-order chi connectivity index (χ0) is 17.2. The van der Waals surface area contributed by atoms with Crippen LogP contribution in [0.15, 0.2) is 40.1 Å². The van der Waals surface area contributed by atoms with Crippen molar-refractivity contribution in [1.82, 2.24) is 25.4 Å². The monoisotopic (exact) mass is 402 g/mol. The molecule has 0 radical (unpaired) electrons. The van der Waals surface area contributed by atoms with E-state index in [1.165, 1.54) is 12.0 Å². The minimum atomic E-state index is 0.480. The number of aromatic amines is 1. The largest absolute Gasteiger partial charge is 0.353 e. The first-order valence-electron chi connectivity index (χ1n) is 8.83. The van der Waals surface area contributed by atoms with Crippen molar-refractivity contribution in [2.45, 2.75) is 37.1 Å². The second-order valence-electron chi connectivity index (χ2n) is 6.82. The van der Waals surface area contributed by atoms with Crippen molar-refractivity contribution in [1.29, 1.82) is 0 Å². The van der Waals surface area contributed by atoms with Crippen LogP contribution >= 0.6 is 15.9 Å². The predicted octanol–water partition coefficient (Wildman–Crippen LogP) is 2.88. The lowest BCUT2D eigenvalue weighted by Gasteiger charge is -2.33. The zero-order valence-corrected chi connectivity index (χ0v) is 15.9. The Morgan fingerprint density at radius 2 is 2.04 bits per heavy atom. The number of aromatic nitrogens is 3. The van der Waals surface area contributed by atoms with Crippen LogP contribution in [0.3, 0.4) is 0 Å². The van der Waals surface area contributed by atoms with E-state index in [2.05, 4.69) is 70.6 Å². The first-order chi connectivity index (χ1) is 12.2. The number of aliphatic imine (C=N–C) groups is 1. The van der Waals surface area contributed by atoms with Gasteiger partial charge in [-0.2, -0.15) is 5.10 Å². The van der Waals surface area contributed by atoms with E-state index in [4.69, 9.17) is 0 Å². The Bertz CT molecular complexity index is 719. The summed E-state index contributed by atoms with van der Waals surface area (Å²) in [6, 6.07) is 9.15. The second kappa shape index (κ2) is 7.15. The number of piperidine rings is 1. The van der Waals surface area contributed by atoms with Crippen LogP contribution < -0.4 is 5.32 Å². The minimum Gasteiger partial charge on any atom is -0.353 e. The van der Waals surface area contributed by atoms with Crippen LogP contribution in [0.4, 0.5) is 0 Å². The van der Waals surface area contributed by atoms with Crippen molar-refractivity contribution >= 4 is 21.9 Å². The Morgan fingerprint density at radius 1 is 1.28 bits per heavy atom. The summed E-state index contributed by atoms with van der Waals surface area (Å²) in [4.78, 5) is 11.2. The minimum absolute atomic E-state index is 0.480. The standard InChI is InChI=1S/C18H23BrN6/c1-20-18(23-16-10-15(16)12-2-4-14(19)5-3-12)25-8-6-13(7-9-25)17-21-11-22-24-17/h2-5,11,13,15-16H,6-10H2,1H3,(H,20,23)(H,21,22,24). The number of likely N-dealkylation sites (tertiary alicyclic amines) is 1. The van der Waals surface area contributed by atoms with Crippen molar-refractivity contribution in [3.63, 3.8) is 0 Å². The van der Waals surface area contributed by atoms with Crippen LogP contribution in [-0.2, 0) is 0 Å². The van der Waals surface area contributed by atoms with Gasteiger partial charge in [-0.1, -0.05) is 28.1 Å². The van der Waals surface area contributed by atoms with Gasteiger partial charge in [-0.3, -0.25) is 10.1 Å². The van der Waals surface area contributed by atoms with Crippen LogP contribution in [0.25, 0.3) is 0 Å². The molecule has 1 aromatic heterocycles. The molecule has 25 heavy (non-hydrogen) atoms. The van der Waals surface area contributed by atoms with Crippen molar-refractivity contribution in [3.05, 3.63) is 46.5 Å².